The number of hydrogen-bond acceptors (Lipinski definition) is 2. The van der Waals surface area contributed by atoms with Crippen LogP contribution in [0.25, 0.3) is 0 Å². The highest BCUT2D eigenvalue weighted by molar-refractivity contribution is 8.19. The van der Waals surface area contributed by atoms with Crippen molar-refractivity contribution in [2.24, 2.45) is 0 Å². The van der Waals surface area contributed by atoms with Gasteiger partial charge in [-0.05, 0) is 52.0 Å². The summed E-state index contributed by atoms with van der Waals surface area (Å²) in [5.74, 6) is 2.63. The van der Waals surface area contributed by atoms with E-state index < -0.39 is 0 Å². The average molecular weight is 242 g/mol. The van der Waals surface area contributed by atoms with Crippen molar-refractivity contribution in [2.75, 3.05) is 11.5 Å². The molecule has 2 heteroatoms. The van der Waals surface area contributed by atoms with E-state index in [1.807, 2.05) is 0 Å². The molecule has 0 radical (unpaired) electrons. The Morgan fingerprint density at radius 2 is 1.67 bits per heavy atom. The molecule has 1 heterocycles. The van der Waals surface area contributed by atoms with E-state index in [9.17, 15) is 0 Å². The summed E-state index contributed by atoms with van der Waals surface area (Å²) in [5.41, 5.74) is 2.88. The Kier molecular flexibility index (Phi) is 5.34. The Morgan fingerprint density at radius 1 is 1.07 bits per heavy atom. The van der Waals surface area contributed by atoms with Crippen LogP contribution in [0.15, 0.2) is 23.3 Å². The predicted octanol–water partition coefficient (Wildman–Crippen LogP) is 4.88. The quantitative estimate of drug-likeness (QED) is 0.647. The Morgan fingerprint density at radius 3 is 2.13 bits per heavy atom. The first-order chi connectivity index (χ1) is 7.04. The Hall–Kier alpha value is 0.180. The van der Waals surface area contributed by atoms with Gasteiger partial charge in [-0.1, -0.05) is 23.3 Å². The summed E-state index contributed by atoms with van der Waals surface area (Å²) in [7, 11) is 0. The van der Waals surface area contributed by atoms with Crippen molar-refractivity contribution >= 4 is 23.5 Å². The number of allylic oxidation sites excluding steroid dienone is 3. The fourth-order valence-corrected chi connectivity index (χ4v) is 4.96. The first-order valence-electron chi connectivity index (χ1n) is 5.61. The average Bonchev–Trinajstić information content (AvgIpc) is 2.15. The van der Waals surface area contributed by atoms with E-state index in [0.29, 0.717) is 4.08 Å². The molecule has 0 aliphatic carbocycles. The molecule has 1 aliphatic rings. The second kappa shape index (κ2) is 6.05. The highest BCUT2D eigenvalue weighted by Gasteiger charge is 2.30. The molecule has 86 valence electrons. The summed E-state index contributed by atoms with van der Waals surface area (Å²) in [5, 5.41) is 0. The highest BCUT2D eigenvalue weighted by Crippen LogP contribution is 2.46. The van der Waals surface area contributed by atoms with Gasteiger partial charge < -0.3 is 0 Å². The van der Waals surface area contributed by atoms with Gasteiger partial charge in [0.15, 0.2) is 0 Å². The van der Waals surface area contributed by atoms with Crippen LogP contribution in [-0.4, -0.2) is 15.6 Å². The van der Waals surface area contributed by atoms with Crippen LogP contribution >= 0.6 is 23.5 Å². The van der Waals surface area contributed by atoms with Gasteiger partial charge in [0.25, 0.3) is 0 Å². The predicted molar refractivity (Wildman–Crippen MR) is 75.7 cm³/mol. The second-order valence-corrected chi connectivity index (χ2v) is 7.68. The van der Waals surface area contributed by atoms with E-state index in [-0.39, 0.29) is 0 Å². The summed E-state index contributed by atoms with van der Waals surface area (Å²) < 4.78 is 0.328. The molecule has 0 aromatic heterocycles. The van der Waals surface area contributed by atoms with Crippen molar-refractivity contribution in [3.63, 3.8) is 0 Å². The molecule has 1 saturated heterocycles. The molecule has 0 N–H and O–H groups in total. The topological polar surface area (TPSA) is 0 Å². The zero-order valence-corrected chi connectivity index (χ0v) is 11.9. The van der Waals surface area contributed by atoms with Crippen LogP contribution in [0.2, 0.25) is 0 Å². The third-order valence-electron chi connectivity index (χ3n) is 2.28. The lowest BCUT2D eigenvalue weighted by Gasteiger charge is -2.33. The molecular weight excluding hydrogens is 220 g/mol. The van der Waals surface area contributed by atoms with Gasteiger partial charge >= 0.3 is 0 Å². The van der Waals surface area contributed by atoms with Crippen LogP contribution in [-0.2, 0) is 0 Å². The molecule has 1 fully saturated rings. The Bertz CT molecular complexity index is 250. The fraction of sp³-hybridized carbons (Fsp3) is 0.692. The van der Waals surface area contributed by atoms with Crippen molar-refractivity contribution < 1.29 is 0 Å². The van der Waals surface area contributed by atoms with Crippen molar-refractivity contribution in [3.05, 3.63) is 23.3 Å². The SMILES string of the molecule is CC(C)=CCC1(C=C(C)C)SCCCS1. The summed E-state index contributed by atoms with van der Waals surface area (Å²) in [6.45, 7) is 8.79. The number of rotatable bonds is 3. The minimum absolute atomic E-state index is 0.328. The molecule has 0 unspecified atom stereocenters. The van der Waals surface area contributed by atoms with Crippen molar-refractivity contribution in [1.29, 1.82) is 0 Å². The summed E-state index contributed by atoms with van der Waals surface area (Å²) in [4.78, 5) is 0. The second-order valence-electron chi connectivity index (χ2n) is 4.57. The molecule has 0 nitrogen and oxygen atoms in total. The van der Waals surface area contributed by atoms with E-state index in [2.05, 4.69) is 63.4 Å². The van der Waals surface area contributed by atoms with Gasteiger partial charge in [0, 0.05) is 0 Å². The van der Waals surface area contributed by atoms with E-state index in [1.54, 1.807) is 0 Å². The summed E-state index contributed by atoms with van der Waals surface area (Å²) in [6.07, 6.45) is 7.38. The summed E-state index contributed by atoms with van der Waals surface area (Å²) >= 11 is 4.25. The molecule has 1 aliphatic heterocycles. The van der Waals surface area contributed by atoms with Crippen LogP contribution < -0.4 is 0 Å². The first kappa shape index (κ1) is 13.2. The van der Waals surface area contributed by atoms with Crippen molar-refractivity contribution in [2.45, 2.75) is 44.6 Å². The number of thioether (sulfide) groups is 2. The van der Waals surface area contributed by atoms with Crippen molar-refractivity contribution in [1.82, 2.24) is 0 Å². The molecule has 0 atom stereocenters. The minimum Gasteiger partial charge on any atom is -0.140 e. The smallest absolute Gasteiger partial charge is 0.0828 e. The molecule has 15 heavy (non-hydrogen) atoms. The van der Waals surface area contributed by atoms with Crippen LogP contribution in [0.3, 0.4) is 0 Å². The molecule has 1 rings (SSSR count). The first-order valence-corrected chi connectivity index (χ1v) is 7.58. The van der Waals surface area contributed by atoms with Gasteiger partial charge in [0.1, 0.15) is 0 Å². The van der Waals surface area contributed by atoms with Gasteiger partial charge in [0.2, 0.25) is 0 Å². The van der Waals surface area contributed by atoms with Crippen LogP contribution in [0.4, 0.5) is 0 Å². The van der Waals surface area contributed by atoms with Gasteiger partial charge in [-0.25, -0.2) is 0 Å². The van der Waals surface area contributed by atoms with E-state index in [1.165, 1.54) is 35.5 Å². The van der Waals surface area contributed by atoms with E-state index in [0.717, 1.165) is 0 Å². The zero-order valence-electron chi connectivity index (χ0n) is 10.3. The minimum atomic E-state index is 0.328. The van der Waals surface area contributed by atoms with Crippen LogP contribution in [0.1, 0.15) is 40.5 Å². The lowest BCUT2D eigenvalue weighted by Crippen LogP contribution is -2.22. The van der Waals surface area contributed by atoms with Gasteiger partial charge in [-0.3, -0.25) is 0 Å². The normalized spacial score (nSPS) is 19.5. The molecule has 0 saturated carbocycles. The van der Waals surface area contributed by atoms with E-state index in [4.69, 9.17) is 0 Å². The zero-order chi connectivity index (χ0) is 11.3. The summed E-state index contributed by atoms with van der Waals surface area (Å²) in [6, 6.07) is 0. The molecular formula is C13H22S2. The number of hydrogen-bond donors (Lipinski definition) is 0. The Labute approximate surface area is 103 Å². The standard InChI is InChI=1S/C13H22S2/c1-11(2)6-7-13(10-12(3)4)14-8-5-9-15-13/h6,10H,5,7-9H2,1-4H3. The monoisotopic (exact) mass is 242 g/mol. The molecule has 0 aromatic rings. The highest BCUT2D eigenvalue weighted by atomic mass is 32.2. The van der Waals surface area contributed by atoms with Crippen LogP contribution in [0.5, 0.6) is 0 Å². The lowest BCUT2D eigenvalue weighted by molar-refractivity contribution is 0.944. The van der Waals surface area contributed by atoms with Crippen molar-refractivity contribution in [3.8, 4) is 0 Å². The van der Waals surface area contributed by atoms with Gasteiger partial charge in [-0.15, -0.1) is 23.5 Å². The van der Waals surface area contributed by atoms with E-state index >= 15 is 0 Å². The maximum Gasteiger partial charge on any atom is 0.0828 e. The van der Waals surface area contributed by atoms with Crippen LogP contribution in [0, 0.1) is 0 Å². The largest absolute Gasteiger partial charge is 0.140 e. The molecule has 0 bridgehead atoms. The third kappa shape index (κ3) is 4.69. The lowest BCUT2D eigenvalue weighted by atomic mass is 10.1. The molecule has 0 aromatic carbocycles. The third-order valence-corrected chi connectivity index (χ3v) is 5.52. The molecule has 0 amide bonds. The maximum atomic E-state index is 2.46. The fourth-order valence-electron chi connectivity index (χ4n) is 1.64. The van der Waals surface area contributed by atoms with Gasteiger partial charge in [-0.2, -0.15) is 0 Å². The molecule has 0 spiro atoms. The maximum absolute atomic E-state index is 2.46. The Balaban J connectivity index is 2.75. The van der Waals surface area contributed by atoms with Gasteiger partial charge in [0.05, 0.1) is 4.08 Å².